The highest BCUT2D eigenvalue weighted by Gasteiger charge is 2.11. The lowest BCUT2D eigenvalue weighted by molar-refractivity contribution is -0.118. The van der Waals surface area contributed by atoms with Gasteiger partial charge >= 0.3 is 0 Å². The Bertz CT molecular complexity index is 986. The second kappa shape index (κ2) is 9.41. The molecule has 3 aromatic rings. The predicted molar refractivity (Wildman–Crippen MR) is 111 cm³/mol. The molecule has 0 aliphatic carbocycles. The minimum absolute atomic E-state index is 0.239. The van der Waals surface area contributed by atoms with Crippen LogP contribution in [0.1, 0.15) is 21.5 Å². The van der Waals surface area contributed by atoms with Crippen LogP contribution in [0.3, 0.4) is 0 Å². The summed E-state index contributed by atoms with van der Waals surface area (Å²) in [5.41, 5.74) is 8.17. The number of anilines is 1. The van der Waals surface area contributed by atoms with Gasteiger partial charge in [0.25, 0.3) is 11.8 Å². The van der Waals surface area contributed by atoms with Crippen molar-refractivity contribution in [2.75, 3.05) is 11.9 Å². The number of nitrogens with one attached hydrogen (secondary N) is 1. The summed E-state index contributed by atoms with van der Waals surface area (Å²) in [6.07, 6.45) is 0. The van der Waals surface area contributed by atoms with E-state index in [0.717, 1.165) is 11.1 Å². The Morgan fingerprint density at radius 2 is 1.66 bits per heavy atom. The molecule has 0 unspecified atom stereocenters. The van der Waals surface area contributed by atoms with Crippen molar-refractivity contribution in [2.45, 2.75) is 13.5 Å². The Balaban J connectivity index is 1.52. The fourth-order valence-corrected chi connectivity index (χ4v) is 2.67. The number of primary amides is 1. The lowest BCUT2D eigenvalue weighted by Gasteiger charge is -2.11. The minimum Gasteiger partial charge on any atom is -0.489 e. The normalized spacial score (nSPS) is 10.2. The molecule has 0 atom stereocenters. The summed E-state index contributed by atoms with van der Waals surface area (Å²) in [7, 11) is 0. The van der Waals surface area contributed by atoms with E-state index in [2.05, 4.69) is 5.32 Å². The zero-order valence-electron chi connectivity index (χ0n) is 16.1. The van der Waals surface area contributed by atoms with Gasteiger partial charge in [0, 0.05) is 5.69 Å². The standard InChI is InChI=1S/C23H22N2O4/c1-16-7-12-20(23(24)27)21(13-16)29-15-22(26)25-18-8-10-19(11-9-18)28-14-17-5-3-2-4-6-17/h2-13H,14-15H2,1H3,(H2,24,27)(H,25,26). The molecule has 3 N–H and O–H groups in total. The van der Waals surface area contributed by atoms with Gasteiger partial charge in [0.1, 0.15) is 18.1 Å². The van der Waals surface area contributed by atoms with Crippen LogP contribution in [0.15, 0.2) is 72.8 Å². The van der Waals surface area contributed by atoms with Gasteiger partial charge in [-0.3, -0.25) is 9.59 Å². The first-order chi connectivity index (χ1) is 14.0. The highest BCUT2D eigenvalue weighted by Crippen LogP contribution is 2.20. The second-order valence-electron chi connectivity index (χ2n) is 6.50. The van der Waals surface area contributed by atoms with Crippen LogP contribution in [0.25, 0.3) is 0 Å². The number of ether oxygens (including phenoxy) is 2. The van der Waals surface area contributed by atoms with Gasteiger partial charge in [0.15, 0.2) is 6.61 Å². The number of carbonyl (C=O) groups is 2. The van der Waals surface area contributed by atoms with Gasteiger partial charge in [0.2, 0.25) is 0 Å². The van der Waals surface area contributed by atoms with Gasteiger partial charge in [-0.2, -0.15) is 0 Å². The van der Waals surface area contributed by atoms with Crippen molar-refractivity contribution in [3.05, 3.63) is 89.5 Å². The van der Waals surface area contributed by atoms with E-state index in [1.54, 1.807) is 42.5 Å². The van der Waals surface area contributed by atoms with Gasteiger partial charge in [-0.1, -0.05) is 36.4 Å². The fourth-order valence-electron chi connectivity index (χ4n) is 2.67. The Labute approximate surface area is 169 Å². The SMILES string of the molecule is Cc1ccc(C(N)=O)c(OCC(=O)Nc2ccc(OCc3ccccc3)cc2)c1. The molecule has 148 valence electrons. The van der Waals surface area contributed by atoms with Gasteiger partial charge < -0.3 is 20.5 Å². The quantitative estimate of drug-likeness (QED) is 0.614. The summed E-state index contributed by atoms with van der Waals surface area (Å²) in [6.45, 7) is 2.09. The van der Waals surface area contributed by atoms with Crippen LogP contribution in [-0.4, -0.2) is 18.4 Å². The maximum atomic E-state index is 12.2. The van der Waals surface area contributed by atoms with Crippen molar-refractivity contribution in [1.29, 1.82) is 0 Å². The zero-order valence-corrected chi connectivity index (χ0v) is 16.1. The van der Waals surface area contributed by atoms with E-state index >= 15 is 0 Å². The molecule has 29 heavy (non-hydrogen) atoms. The summed E-state index contributed by atoms with van der Waals surface area (Å²) >= 11 is 0. The Hall–Kier alpha value is -3.80. The van der Waals surface area contributed by atoms with E-state index in [-0.39, 0.29) is 23.8 Å². The molecule has 3 aromatic carbocycles. The first-order valence-corrected chi connectivity index (χ1v) is 9.11. The fraction of sp³-hybridized carbons (Fsp3) is 0.130. The molecular formula is C23H22N2O4. The first-order valence-electron chi connectivity index (χ1n) is 9.11. The Kier molecular flexibility index (Phi) is 6.47. The third-order valence-corrected chi connectivity index (χ3v) is 4.15. The maximum Gasteiger partial charge on any atom is 0.262 e. The number of hydrogen-bond acceptors (Lipinski definition) is 4. The van der Waals surface area contributed by atoms with E-state index in [9.17, 15) is 9.59 Å². The maximum absolute atomic E-state index is 12.2. The zero-order chi connectivity index (χ0) is 20.6. The van der Waals surface area contributed by atoms with E-state index in [4.69, 9.17) is 15.2 Å². The predicted octanol–water partition coefficient (Wildman–Crippen LogP) is 3.69. The van der Waals surface area contributed by atoms with Crippen LogP contribution in [0.5, 0.6) is 11.5 Å². The molecule has 0 spiro atoms. The van der Waals surface area contributed by atoms with Crippen LogP contribution < -0.4 is 20.5 Å². The van der Waals surface area contributed by atoms with E-state index < -0.39 is 5.91 Å². The molecule has 0 aliphatic heterocycles. The molecule has 0 fully saturated rings. The van der Waals surface area contributed by atoms with Crippen LogP contribution in [-0.2, 0) is 11.4 Å². The molecule has 2 amide bonds. The molecule has 0 bridgehead atoms. The van der Waals surface area contributed by atoms with E-state index in [1.807, 2.05) is 37.3 Å². The van der Waals surface area contributed by atoms with Crippen molar-refractivity contribution in [2.24, 2.45) is 5.73 Å². The van der Waals surface area contributed by atoms with Crippen LogP contribution in [0.4, 0.5) is 5.69 Å². The van der Waals surface area contributed by atoms with Crippen molar-refractivity contribution < 1.29 is 19.1 Å². The molecule has 6 heteroatoms. The summed E-state index contributed by atoms with van der Waals surface area (Å²) < 4.78 is 11.2. The average molecular weight is 390 g/mol. The van der Waals surface area contributed by atoms with Crippen molar-refractivity contribution >= 4 is 17.5 Å². The highest BCUT2D eigenvalue weighted by atomic mass is 16.5. The third-order valence-electron chi connectivity index (χ3n) is 4.15. The molecule has 0 aliphatic rings. The van der Waals surface area contributed by atoms with E-state index in [0.29, 0.717) is 18.0 Å². The minimum atomic E-state index is -0.605. The van der Waals surface area contributed by atoms with Crippen molar-refractivity contribution in [1.82, 2.24) is 0 Å². The molecule has 0 saturated heterocycles. The summed E-state index contributed by atoms with van der Waals surface area (Å²) in [5, 5.41) is 2.74. The number of rotatable bonds is 8. The number of aryl methyl sites for hydroxylation is 1. The van der Waals surface area contributed by atoms with Gasteiger partial charge in [0.05, 0.1) is 5.56 Å². The van der Waals surface area contributed by atoms with Crippen LogP contribution >= 0.6 is 0 Å². The highest BCUT2D eigenvalue weighted by molar-refractivity contribution is 5.96. The smallest absolute Gasteiger partial charge is 0.262 e. The van der Waals surface area contributed by atoms with Crippen molar-refractivity contribution in [3.63, 3.8) is 0 Å². The Morgan fingerprint density at radius 3 is 2.34 bits per heavy atom. The lowest BCUT2D eigenvalue weighted by Crippen LogP contribution is -2.21. The summed E-state index contributed by atoms with van der Waals surface area (Å²) in [6, 6.07) is 21.9. The average Bonchev–Trinajstić information content (AvgIpc) is 2.72. The molecule has 3 rings (SSSR count). The first kappa shape index (κ1) is 19.9. The third kappa shape index (κ3) is 5.84. The van der Waals surface area contributed by atoms with Crippen LogP contribution in [0.2, 0.25) is 0 Å². The largest absolute Gasteiger partial charge is 0.489 e. The van der Waals surface area contributed by atoms with E-state index in [1.165, 1.54) is 0 Å². The monoisotopic (exact) mass is 390 g/mol. The molecule has 6 nitrogen and oxygen atoms in total. The number of hydrogen-bond donors (Lipinski definition) is 2. The molecular weight excluding hydrogens is 368 g/mol. The molecule has 0 aromatic heterocycles. The molecule has 0 heterocycles. The molecule has 0 radical (unpaired) electrons. The second-order valence-corrected chi connectivity index (χ2v) is 6.50. The molecule has 0 saturated carbocycles. The van der Waals surface area contributed by atoms with Crippen LogP contribution in [0, 0.1) is 6.92 Å². The van der Waals surface area contributed by atoms with Gasteiger partial charge in [-0.25, -0.2) is 0 Å². The van der Waals surface area contributed by atoms with Gasteiger partial charge in [-0.05, 0) is 54.4 Å². The summed E-state index contributed by atoms with van der Waals surface area (Å²) in [4.78, 5) is 23.6. The number of nitrogens with two attached hydrogens (primary N) is 1. The number of amides is 2. The topological polar surface area (TPSA) is 90.7 Å². The van der Waals surface area contributed by atoms with Crippen molar-refractivity contribution in [3.8, 4) is 11.5 Å². The summed E-state index contributed by atoms with van der Waals surface area (Å²) in [5.74, 6) is 0.0395. The lowest BCUT2D eigenvalue weighted by atomic mass is 10.1. The number of benzene rings is 3. The van der Waals surface area contributed by atoms with Gasteiger partial charge in [-0.15, -0.1) is 0 Å². The number of carbonyl (C=O) groups excluding carboxylic acids is 2. The Morgan fingerprint density at radius 1 is 0.931 bits per heavy atom.